The summed E-state index contributed by atoms with van der Waals surface area (Å²) in [6.45, 7) is 0.795. The van der Waals surface area contributed by atoms with Crippen molar-refractivity contribution in [2.45, 2.75) is 57.2 Å². The van der Waals surface area contributed by atoms with Gasteiger partial charge in [-0.05, 0) is 0 Å². The Balaban J connectivity index is 3.10. The summed E-state index contributed by atoms with van der Waals surface area (Å²) < 4.78 is 89.3. The molecule has 0 aromatic rings. The highest BCUT2D eigenvalue weighted by Gasteiger charge is 2.48. The van der Waals surface area contributed by atoms with Crippen molar-refractivity contribution < 1.29 is 59.7 Å². The van der Waals surface area contributed by atoms with Gasteiger partial charge >= 0.3 is 36.1 Å². The number of rotatable bonds is 5. The SMILES string of the molecule is CC(=O)O[C@@H]1C[C@@H](NC(=O)C(F)(F)F)[C@H](OC(C)=O)[C@H](CNC(=O)C(F)(F)F)O1. The maximum atomic E-state index is 12.6. The van der Waals surface area contributed by atoms with Crippen molar-refractivity contribution in [3.8, 4) is 0 Å². The van der Waals surface area contributed by atoms with Crippen LogP contribution in [0, 0.1) is 0 Å². The third-order valence-corrected chi connectivity index (χ3v) is 3.43. The Hall–Kier alpha value is -2.58. The summed E-state index contributed by atoms with van der Waals surface area (Å²) in [5, 5.41) is 2.94. The first-order valence-corrected chi connectivity index (χ1v) is 7.84. The van der Waals surface area contributed by atoms with Crippen LogP contribution in [0.15, 0.2) is 0 Å². The molecule has 29 heavy (non-hydrogen) atoms. The Labute approximate surface area is 159 Å². The van der Waals surface area contributed by atoms with Crippen molar-refractivity contribution in [1.82, 2.24) is 10.6 Å². The van der Waals surface area contributed by atoms with Gasteiger partial charge in [0.1, 0.15) is 12.2 Å². The molecule has 0 saturated carbocycles. The lowest BCUT2D eigenvalue weighted by molar-refractivity contribution is -0.233. The number of ether oxygens (including phenoxy) is 3. The first kappa shape index (κ1) is 24.5. The Morgan fingerprint density at radius 2 is 1.45 bits per heavy atom. The highest BCUT2D eigenvalue weighted by Crippen LogP contribution is 2.26. The third-order valence-electron chi connectivity index (χ3n) is 3.43. The van der Waals surface area contributed by atoms with E-state index in [1.807, 2.05) is 0 Å². The monoisotopic (exact) mass is 438 g/mol. The van der Waals surface area contributed by atoms with Crippen LogP contribution in [0.2, 0.25) is 0 Å². The Bertz CT molecular complexity index is 651. The summed E-state index contributed by atoms with van der Waals surface area (Å²) in [5.74, 6) is -6.82. The van der Waals surface area contributed by atoms with Gasteiger partial charge in [-0.25, -0.2) is 0 Å². The summed E-state index contributed by atoms with van der Waals surface area (Å²) in [6.07, 6.45) is -16.2. The van der Waals surface area contributed by atoms with Gasteiger partial charge in [-0.3, -0.25) is 19.2 Å². The van der Waals surface area contributed by atoms with Crippen molar-refractivity contribution in [3.05, 3.63) is 0 Å². The van der Waals surface area contributed by atoms with E-state index >= 15 is 0 Å². The van der Waals surface area contributed by atoms with Crippen LogP contribution < -0.4 is 10.6 Å². The zero-order valence-electron chi connectivity index (χ0n) is 14.8. The molecule has 0 radical (unpaired) electrons. The molecule has 2 amide bonds. The van der Waals surface area contributed by atoms with Crippen molar-refractivity contribution in [1.29, 1.82) is 0 Å². The molecule has 1 aliphatic heterocycles. The maximum absolute atomic E-state index is 12.6. The number of carbonyl (C=O) groups is 4. The zero-order chi connectivity index (χ0) is 22.6. The topological polar surface area (TPSA) is 120 Å². The van der Waals surface area contributed by atoms with E-state index in [2.05, 4.69) is 4.74 Å². The number of amides is 2. The number of hydrogen-bond donors (Lipinski definition) is 2. The first-order chi connectivity index (χ1) is 13.1. The zero-order valence-corrected chi connectivity index (χ0v) is 14.8. The second-order valence-corrected chi connectivity index (χ2v) is 5.81. The minimum absolute atomic E-state index is 0.608. The Morgan fingerprint density at radius 3 is 1.90 bits per heavy atom. The summed E-state index contributed by atoms with van der Waals surface area (Å²) in [7, 11) is 0. The molecule has 1 heterocycles. The van der Waals surface area contributed by atoms with Gasteiger partial charge in [0, 0.05) is 26.8 Å². The Kier molecular flexibility index (Phi) is 7.83. The highest BCUT2D eigenvalue weighted by atomic mass is 19.4. The molecule has 1 aliphatic rings. The second-order valence-electron chi connectivity index (χ2n) is 5.81. The quantitative estimate of drug-likeness (QED) is 0.469. The number of halogens is 6. The van der Waals surface area contributed by atoms with E-state index in [1.54, 1.807) is 0 Å². The predicted molar refractivity (Wildman–Crippen MR) is 77.6 cm³/mol. The molecular formula is C14H16F6N2O7. The molecule has 0 unspecified atom stereocenters. The summed E-state index contributed by atoms with van der Waals surface area (Å²) in [4.78, 5) is 44.6. The molecular weight excluding hydrogens is 422 g/mol. The fraction of sp³-hybridized carbons (Fsp3) is 0.714. The van der Waals surface area contributed by atoms with Gasteiger partial charge in [-0.2, -0.15) is 26.3 Å². The van der Waals surface area contributed by atoms with Crippen LogP contribution in [0.5, 0.6) is 0 Å². The molecule has 0 aromatic heterocycles. The lowest BCUT2D eigenvalue weighted by Gasteiger charge is -2.40. The summed E-state index contributed by atoms with van der Waals surface area (Å²) in [6, 6.07) is -1.65. The Morgan fingerprint density at radius 1 is 0.931 bits per heavy atom. The van der Waals surface area contributed by atoms with Crippen LogP contribution in [-0.4, -0.2) is 67.2 Å². The van der Waals surface area contributed by atoms with E-state index in [-0.39, 0.29) is 0 Å². The molecule has 9 nitrogen and oxygen atoms in total. The van der Waals surface area contributed by atoms with Crippen LogP contribution in [0.1, 0.15) is 20.3 Å². The largest absolute Gasteiger partial charge is 0.471 e. The molecule has 0 bridgehead atoms. The van der Waals surface area contributed by atoms with Gasteiger partial charge in [0.15, 0.2) is 0 Å². The average molecular weight is 438 g/mol. The standard InChI is InChI=1S/C14H16F6N2O7/c1-5(23)27-9-3-7(22-12(26)14(18,19)20)10(28-6(2)24)8(29-9)4-21-11(25)13(15,16)17/h7-10H,3-4H2,1-2H3,(H,21,25)(H,22,26)/t7-,8+,9+,10+/m1/s1. The highest BCUT2D eigenvalue weighted by molar-refractivity contribution is 5.82. The number of carbonyl (C=O) groups excluding carboxylic acids is 4. The molecule has 1 saturated heterocycles. The van der Waals surface area contributed by atoms with Crippen LogP contribution in [-0.2, 0) is 33.4 Å². The molecule has 15 heteroatoms. The van der Waals surface area contributed by atoms with Crippen molar-refractivity contribution >= 4 is 23.8 Å². The van der Waals surface area contributed by atoms with Crippen LogP contribution >= 0.6 is 0 Å². The minimum atomic E-state index is -5.32. The third kappa shape index (κ3) is 7.75. The van der Waals surface area contributed by atoms with E-state index in [4.69, 9.17) is 9.47 Å². The molecule has 2 N–H and O–H groups in total. The lowest BCUT2D eigenvalue weighted by Crippen LogP contribution is -2.61. The van der Waals surface area contributed by atoms with Gasteiger partial charge in [-0.15, -0.1) is 0 Å². The van der Waals surface area contributed by atoms with Crippen molar-refractivity contribution in [2.75, 3.05) is 6.54 Å². The fourth-order valence-electron chi connectivity index (χ4n) is 2.39. The van der Waals surface area contributed by atoms with Crippen LogP contribution in [0.4, 0.5) is 26.3 Å². The molecule has 1 rings (SSSR count). The average Bonchev–Trinajstić information content (AvgIpc) is 2.52. The van der Waals surface area contributed by atoms with Gasteiger partial charge in [0.2, 0.25) is 6.29 Å². The van der Waals surface area contributed by atoms with E-state index in [1.165, 1.54) is 10.6 Å². The van der Waals surface area contributed by atoms with Crippen LogP contribution in [0.25, 0.3) is 0 Å². The number of esters is 2. The first-order valence-electron chi connectivity index (χ1n) is 7.84. The molecule has 166 valence electrons. The maximum Gasteiger partial charge on any atom is 0.471 e. The predicted octanol–water partition coefficient (Wildman–Crippen LogP) is 0.322. The van der Waals surface area contributed by atoms with E-state index < -0.39 is 73.6 Å². The second kappa shape index (κ2) is 9.28. The van der Waals surface area contributed by atoms with E-state index in [9.17, 15) is 45.5 Å². The van der Waals surface area contributed by atoms with Crippen molar-refractivity contribution in [2.24, 2.45) is 0 Å². The number of hydrogen-bond acceptors (Lipinski definition) is 7. The molecule has 1 fully saturated rings. The number of alkyl halides is 6. The van der Waals surface area contributed by atoms with Gasteiger partial charge in [-0.1, -0.05) is 0 Å². The van der Waals surface area contributed by atoms with E-state index in [0.717, 1.165) is 13.8 Å². The van der Waals surface area contributed by atoms with Gasteiger partial charge in [0.25, 0.3) is 0 Å². The molecule has 0 aliphatic carbocycles. The smallest absolute Gasteiger partial charge is 0.458 e. The fourth-order valence-corrected chi connectivity index (χ4v) is 2.39. The number of nitrogens with one attached hydrogen (secondary N) is 2. The minimum Gasteiger partial charge on any atom is -0.458 e. The van der Waals surface area contributed by atoms with Crippen molar-refractivity contribution in [3.63, 3.8) is 0 Å². The lowest BCUT2D eigenvalue weighted by atomic mass is 9.97. The normalized spacial score (nSPS) is 25.0. The molecule has 0 aromatic carbocycles. The van der Waals surface area contributed by atoms with Gasteiger partial charge in [0.05, 0.1) is 6.04 Å². The molecule has 0 spiro atoms. The van der Waals surface area contributed by atoms with Gasteiger partial charge < -0.3 is 24.8 Å². The molecule has 4 atom stereocenters. The summed E-state index contributed by atoms with van der Waals surface area (Å²) >= 11 is 0. The summed E-state index contributed by atoms with van der Waals surface area (Å²) in [5.41, 5.74) is 0. The van der Waals surface area contributed by atoms with E-state index in [0.29, 0.717) is 0 Å². The van der Waals surface area contributed by atoms with Crippen LogP contribution in [0.3, 0.4) is 0 Å².